The number of nitrogens with one attached hydrogen (secondary N) is 1. The molecule has 0 spiro atoms. The molecule has 1 fully saturated rings. The highest BCUT2D eigenvalue weighted by molar-refractivity contribution is 5.85. The van der Waals surface area contributed by atoms with Gasteiger partial charge >= 0.3 is 0 Å². The molecule has 0 aliphatic carbocycles. The summed E-state index contributed by atoms with van der Waals surface area (Å²) in [6.07, 6.45) is -0.925. The van der Waals surface area contributed by atoms with Crippen molar-refractivity contribution in [1.29, 1.82) is 0 Å². The van der Waals surface area contributed by atoms with E-state index in [1.165, 1.54) is 7.11 Å². The first kappa shape index (κ1) is 7.50. The second-order valence-corrected chi connectivity index (χ2v) is 2.42. The number of hydrogen-bond acceptors (Lipinski definition) is 3. The maximum atomic E-state index is 10.7. The summed E-state index contributed by atoms with van der Waals surface area (Å²) < 4.78 is 4.87. The fraction of sp³-hybridized carbons (Fsp3) is 0.833. The third kappa shape index (κ3) is 0.998. The number of carbonyl (C=O) groups excluding carboxylic acids is 1. The number of rotatable bonds is 2. The fourth-order valence-electron chi connectivity index (χ4n) is 0.995. The average molecular weight is 145 g/mol. The summed E-state index contributed by atoms with van der Waals surface area (Å²) in [4.78, 5) is 10.7. The molecule has 1 saturated heterocycles. The lowest BCUT2D eigenvalue weighted by Crippen LogP contribution is -2.62. The van der Waals surface area contributed by atoms with Gasteiger partial charge in [0.2, 0.25) is 5.91 Å². The van der Waals surface area contributed by atoms with Crippen molar-refractivity contribution >= 4 is 5.91 Å². The first-order valence-electron chi connectivity index (χ1n) is 3.18. The first-order chi connectivity index (χ1) is 4.66. The molecule has 4 heteroatoms. The quantitative estimate of drug-likeness (QED) is 0.494. The lowest BCUT2D eigenvalue weighted by atomic mass is 9.94. The van der Waals surface area contributed by atoms with Crippen LogP contribution in [-0.4, -0.2) is 30.5 Å². The van der Waals surface area contributed by atoms with Gasteiger partial charge in [0.25, 0.3) is 0 Å². The molecule has 0 bridgehead atoms. The zero-order chi connectivity index (χ0) is 7.72. The molecule has 1 heterocycles. The zero-order valence-electron chi connectivity index (χ0n) is 6.00. The van der Waals surface area contributed by atoms with Crippen molar-refractivity contribution in [3.05, 3.63) is 0 Å². The highest BCUT2D eigenvalue weighted by atomic mass is 16.5. The molecule has 0 radical (unpaired) electrons. The number of β-lactam (4-membered cyclic amide) rings is 1. The van der Waals surface area contributed by atoms with Crippen LogP contribution >= 0.6 is 0 Å². The number of amides is 1. The van der Waals surface area contributed by atoms with Crippen LogP contribution in [0.1, 0.15) is 6.92 Å². The molecule has 2 N–H and O–H groups in total. The van der Waals surface area contributed by atoms with E-state index in [1.807, 2.05) is 0 Å². The van der Waals surface area contributed by atoms with E-state index in [0.717, 1.165) is 0 Å². The van der Waals surface area contributed by atoms with Gasteiger partial charge in [0.15, 0.2) is 0 Å². The molecular formula is C6H11NO3. The summed E-state index contributed by atoms with van der Waals surface area (Å²) in [7, 11) is 1.52. The normalized spacial score (nSPS) is 34.5. The molecule has 1 aliphatic rings. The number of aliphatic hydroxyl groups is 1. The number of ether oxygens (including phenoxy) is 1. The van der Waals surface area contributed by atoms with Gasteiger partial charge in [-0.05, 0) is 6.92 Å². The Balaban J connectivity index is 2.46. The Morgan fingerprint density at radius 2 is 2.40 bits per heavy atom. The van der Waals surface area contributed by atoms with Crippen molar-refractivity contribution < 1.29 is 14.6 Å². The van der Waals surface area contributed by atoms with Gasteiger partial charge in [-0.25, -0.2) is 0 Å². The number of methoxy groups -OCH3 is 1. The molecule has 58 valence electrons. The number of aliphatic hydroxyl groups excluding tert-OH is 1. The molecular weight excluding hydrogens is 134 g/mol. The fourth-order valence-corrected chi connectivity index (χ4v) is 0.995. The topological polar surface area (TPSA) is 58.6 Å². The van der Waals surface area contributed by atoms with Gasteiger partial charge in [0.05, 0.1) is 6.10 Å². The van der Waals surface area contributed by atoms with E-state index in [9.17, 15) is 4.79 Å². The van der Waals surface area contributed by atoms with E-state index in [4.69, 9.17) is 9.84 Å². The van der Waals surface area contributed by atoms with Gasteiger partial charge < -0.3 is 15.2 Å². The van der Waals surface area contributed by atoms with E-state index < -0.39 is 6.23 Å². The van der Waals surface area contributed by atoms with E-state index in [-0.39, 0.29) is 17.9 Å². The maximum absolute atomic E-state index is 10.7. The van der Waals surface area contributed by atoms with Crippen molar-refractivity contribution in [2.75, 3.05) is 7.11 Å². The van der Waals surface area contributed by atoms with Crippen LogP contribution in [0, 0.1) is 5.92 Å². The van der Waals surface area contributed by atoms with Crippen LogP contribution in [0.3, 0.4) is 0 Å². The highest BCUT2D eigenvalue weighted by Gasteiger charge is 2.41. The first-order valence-corrected chi connectivity index (χ1v) is 3.18. The highest BCUT2D eigenvalue weighted by Crippen LogP contribution is 2.18. The lowest BCUT2D eigenvalue weighted by Gasteiger charge is -2.35. The van der Waals surface area contributed by atoms with Crippen LogP contribution in [0.25, 0.3) is 0 Å². The van der Waals surface area contributed by atoms with Crippen molar-refractivity contribution in [1.82, 2.24) is 5.32 Å². The Morgan fingerprint density at radius 3 is 2.60 bits per heavy atom. The van der Waals surface area contributed by atoms with E-state index in [1.54, 1.807) is 6.92 Å². The van der Waals surface area contributed by atoms with Crippen molar-refractivity contribution in [2.45, 2.75) is 19.3 Å². The summed E-state index contributed by atoms with van der Waals surface area (Å²) in [6, 6.07) is 0. The molecule has 1 aliphatic heterocycles. The number of hydrogen-bond donors (Lipinski definition) is 2. The summed E-state index contributed by atoms with van der Waals surface area (Å²) in [5.41, 5.74) is 0. The predicted molar refractivity (Wildman–Crippen MR) is 34.1 cm³/mol. The van der Waals surface area contributed by atoms with Crippen LogP contribution < -0.4 is 5.32 Å². The molecule has 1 rings (SSSR count). The van der Waals surface area contributed by atoms with Crippen molar-refractivity contribution in [3.63, 3.8) is 0 Å². The van der Waals surface area contributed by atoms with Crippen molar-refractivity contribution in [3.8, 4) is 0 Å². The molecule has 4 nitrogen and oxygen atoms in total. The Kier molecular flexibility index (Phi) is 1.92. The molecule has 0 aromatic carbocycles. The average Bonchev–Trinajstić information content (AvgIpc) is 1.87. The molecule has 0 aromatic rings. The zero-order valence-corrected chi connectivity index (χ0v) is 6.00. The molecule has 10 heavy (non-hydrogen) atoms. The largest absolute Gasteiger partial charge is 0.381 e. The second-order valence-electron chi connectivity index (χ2n) is 2.42. The third-order valence-electron chi connectivity index (χ3n) is 1.81. The summed E-state index contributed by atoms with van der Waals surface area (Å²) in [5, 5.41) is 11.3. The molecule has 0 aromatic heterocycles. The Morgan fingerprint density at radius 1 is 1.80 bits per heavy atom. The summed E-state index contributed by atoms with van der Waals surface area (Å²) >= 11 is 0. The van der Waals surface area contributed by atoms with Crippen LogP contribution in [0.2, 0.25) is 0 Å². The van der Waals surface area contributed by atoms with Gasteiger partial charge in [-0.2, -0.15) is 0 Å². The summed E-state index contributed by atoms with van der Waals surface area (Å²) in [5.74, 6) is -0.521. The van der Waals surface area contributed by atoms with E-state index in [2.05, 4.69) is 5.32 Å². The minimum Gasteiger partial charge on any atom is -0.381 e. The minimum absolute atomic E-state index is 0.137. The van der Waals surface area contributed by atoms with E-state index >= 15 is 0 Å². The van der Waals surface area contributed by atoms with E-state index in [0.29, 0.717) is 0 Å². The van der Waals surface area contributed by atoms with Gasteiger partial charge in [0.1, 0.15) is 12.1 Å². The molecule has 1 amide bonds. The van der Waals surface area contributed by atoms with Crippen molar-refractivity contribution in [2.24, 2.45) is 5.92 Å². The SMILES string of the molecule is COC(C)C1C(=O)NC1O. The summed E-state index contributed by atoms with van der Waals surface area (Å²) in [6.45, 7) is 1.76. The Labute approximate surface area is 59.2 Å². The smallest absolute Gasteiger partial charge is 0.232 e. The van der Waals surface area contributed by atoms with Crippen LogP contribution in [0.4, 0.5) is 0 Å². The second kappa shape index (κ2) is 2.56. The monoisotopic (exact) mass is 145 g/mol. The van der Waals surface area contributed by atoms with Gasteiger partial charge in [-0.3, -0.25) is 4.79 Å². The standard InChI is InChI=1S/C6H11NO3/c1-3(10-2)4-5(8)7-6(4)9/h3-5,8H,1-2H3,(H,7,9). The van der Waals surface area contributed by atoms with Crippen LogP contribution in [0.5, 0.6) is 0 Å². The third-order valence-corrected chi connectivity index (χ3v) is 1.81. The number of carbonyl (C=O) groups is 1. The van der Waals surface area contributed by atoms with Gasteiger partial charge in [-0.1, -0.05) is 0 Å². The predicted octanol–water partition coefficient (Wildman–Crippen LogP) is -0.914. The Hall–Kier alpha value is -0.610. The Bertz CT molecular complexity index is 148. The van der Waals surface area contributed by atoms with Crippen LogP contribution in [0.15, 0.2) is 0 Å². The van der Waals surface area contributed by atoms with Gasteiger partial charge in [0, 0.05) is 7.11 Å². The van der Waals surface area contributed by atoms with Gasteiger partial charge in [-0.15, -0.1) is 0 Å². The molecule has 3 unspecified atom stereocenters. The minimum atomic E-state index is -0.720. The maximum Gasteiger partial charge on any atom is 0.232 e. The van der Waals surface area contributed by atoms with Crippen LogP contribution in [-0.2, 0) is 9.53 Å². The lowest BCUT2D eigenvalue weighted by molar-refractivity contribution is -0.156. The molecule has 0 saturated carbocycles. The molecule has 3 atom stereocenters.